The maximum absolute atomic E-state index is 11.0. The van der Waals surface area contributed by atoms with Crippen molar-refractivity contribution in [3.05, 3.63) is 40.6 Å². The molecule has 0 amide bonds. The van der Waals surface area contributed by atoms with Gasteiger partial charge in [-0.3, -0.25) is 10.1 Å². The van der Waals surface area contributed by atoms with Crippen molar-refractivity contribution in [2.75, 3.05) is 6.61 Å². The second-order valence-corrected chi connectivity index (χ2v) is 5.66. The van der Waals surface area contributed by atoms with E-state index in [0.717, 1.165) is 10.3 Å². The third kappa shape index (κ3) is 3.02. The molecule has 0 fully saturated rings. The van der Waals surface area contributed by atoms with Crippen LogP contribution in [-0.4, -0.2) is 26.9 Å². The molecule has 2 rings (SSSR count). The predicted molar refractivity (Wildman–Crippen MR) is 75.4 cm³/mol. The van der Waals surface area contributed by atoms with Crippen LogP contribution in [0.15, 0.2) is 35.4 Å². The van der Waals surface area contributed by atoms with Gasteiger partial charge in [-0.15, -0.1) is 11.8 Å². The summed E-state index contributed by atoms with van der Waals surface area (Å²) >= 11 is 1.60. The Hall–Kier alpha value is -1.66. The Bertz CT molecular complexity index is 603. The summed E-state index contributed by atoms with van der Waals surface area (Å²) in [6.07, 6.45) is 2.27. The summed E-state index contributed by atoms with van der Waals surface area (Å²) in [4.78, 5) is 15.6. The number of thioether (sulfide) groups is 1. The zero-order valence-electron chi connectivity index (χ0n) is 10.4. The lowest BCUT2D eigenvalue weighted by Gasteiger charge is -2.11. The number of nitrogens with zero attached hydrogens (tertiary/aromatic N) is 2. The van der Waals surface area contributed by atoms with Crippen molar-refractivity contribution in [3.63, 3.8) is 0 Å². The van der Waals surface area contributed by atoms with Gasteiger partial charge in [0.1, 0.15) is 5.52 Å². The van der Waals surface area contributed by atoms with Crippen LogP contribution in [0.3, 0.4) is 0 Å². The minimum atomic E-state index is -0.416. The molecule has 0 aliphatic rings. The van der Waals surface area contributed by atoms with Gasteiger partial charge in [-0.1, -0.05) is 19.1 Å². The molecule has 1 unspecified atom stereocenters. The molecular formula is C13H14N2O3S. The highest BCUT2D eigenvalue weighted by Crippen LogP contribution is 2.33. The Morgan fingerprint density at radius 2 is 2.26 bits per heavy atom. The number of fused-ring (bicyclic) bond motifs is 1. The molecular weight excluding hydrogens is 264 g/mol. The SMILES string of the molecule is CC(CCO)Sc1ccnc2c([N+](=O)[O-])cccc12. The first-order valence-electron chi connectivity index (χ1n) is 5.93. The Kier molecular flexibility index (Phi) is 4.34. The van der Waals surface area contributed by atoms with Crippen LogP contribution in [0.25, 0.3) is 10.9 Å². The van der Waals surface area contributed by atoms with Gasteiger partial charge >= 0.3 is 0 Å². The molecule has 2 aromatic rings. The molecule has 1 aromatic heterocycles. The van der Waals surface area contributed by atoms with Crippen LogP contribution in [0.1, 0.15) is 13.3 Å². The molecule has 0 aliphatic heterocycles. The number of rotatable bonds is 5. The standard InChI is InChI=1S/C13H14N2O3S/c1-9(6-8-16)19-12-5-7-14-13-10(12)3-2-4-11(13)15(17)18/h2-5,7,9,16H,6,8H2,1H3. The van der Waals surface area contributed by atoms with E-state index < -0.39 is 4.92 Å². The van der Waals surface area contributed by atoms with Crippen molar-refractivity contribution in [1.82, 2.24) is 4.98 Å². The lowest BCUT2D eigenvalue weighted by atomic mass is 10.2. The zero-order valence-corrected chi connectivity index (χ0v) is 11.3. The molecule has 0 bridgehead atoms. The van der Waals surface area contributed by atoms with Gasteiger partial charge in [0.2, 0.25) is 0 Å². The number of hydrogen-bond acceptors (Lipinski definition) is 5. The average molecular weight is 278 g/mol. The monoisotopic (exact) mass is 278 g/mol. The van der Waals surface area contributed by atoms with E-state index >= 15 is 0 Å². The minimum Gasteiger partial charge on any atom is -0.396 e. The molecule has 5 nitrogen and oxygen atoms in total. The molecule has 0 saturated heterocycles. The molecule has 1 aromatic carbocycles. The minimum absolute atomic E-state index is 0.0229. The normalized spacial score (nSPS) is 12.5. The van der Waals surface area contributed by atoms with Gasteiger partial charge in [0.25, 0.3) is 5.69 Å². The van der Waals surface area contributed by atoms with Crippen molar-refractivity contribution >= 4 is 28.4 Å². The molecule has 6 heteroatoms. The van der Waals surface area contributed by atoms with Crippen molar-refractivity contribution in [1.29, 1.82) is 0 Å². The van der Waals surface area contributed by atoms with E-state index in [1.807, 2.05) is 19.1 Å². The third-order valence-corrected chi connectivity index (χ3v) is 4.02. The van der Waals surface area contributed by atoms with Crippen molar-refractivity contribution in [2.24, 2.45) is 0 Å². The quantitative estimate of drug-likeness (QED) is 0.517. The van der Waals surface area contributed by atoms with Crippen molar-refractivity contribution in [2.45, 2.75) is 23.5 Å². The van der Waals surface area contributed by atoms with Gasteiger partial charge < -0.3 is 5.11 Å². The van der Waals surface area contributed by atoms with Gasteiger partial charge in [0.05, 0.1) is 4.92 Å². The Balaban J connectivity index is 2.46. The first-order chi connectivity index (χ1) is 9.13. The number of benzene rings is 1. The molecule has 0 aliphatic carbocycles. The van der Waals surface area contributed by atoms with E-state index in [2.05, 4.69) is 4.98 Å². The largest absolute Gasteiger partial charge is 0.396 e. The number of aliphatic hydroxyl groups is 1. The summed E-state index contributed by atoms with van der Waals surface area (Å²) in [5.74, 6) is 0. The van der Waals surface area contributed by atoms with Crippen molar-refractivity contribution < 1.29 is 10.0 Å². The lowest BCUT2D eigenvalue weighted by Crippen LogP contribution is -1.99. The number of hydrogen-bond donors (Lipinski definition) is 1. The summed E-state index contributed by atoms with van der Waals surface area (Å²) in [7, 11) is 0. The fraction of sp³-hybridized carbons (Fsp3) is 0.308. The van der Waals surface area contributed by atoms with E-state index in [4.69, 9.17) is 5.11 Å². The van der Waals surface area contributed by atoms with E-state index in [-0.39, 0.29) is 17.5 Å². The first kappa shape index (κ1) is 13.8. The second-order valence-electron chi connectivity index (χ2n) is 4.18. The molecule has 1 heterocycles. The Labute approximate surface area is 114 Å². The van der Waals surface area contributed by atoms with Gasteiger partial charge in [-0.2, -0.15) is 0 Å². The maximum Gasteiger partial charge on any atom is 0.295 e. The summed E-state index contributed by atoms with van der Waals surface area (Å²) in [5.41, 5.74) is 0.434. The van der Waals surface area contributed by atoms with Gasteiger partial charge in [-0.25, -0.2) is 4.98 Å². The average Bonchev–Trinajstić information content (AvgIpc) is 2.38. The lowest BCUT2D eigenvalue weighted by molar-refractivity contribution is -0.383. The maximum atomic E-state index is 11.0. The number of nitro groups is 1. The predicted octanol–water partition coefficient (Wildman–Crippen LogP) is 3.01. The van der Waals surface area contributed by atoms with Gasteiger partial charge in [0, 0.05) is 34.4 Å². The first-order valence-corrected chi connectivity index (χ1v) is 6.81. The smallest absolute Gasteiger partial charge is 0.295 e. The van der Waals surface area contributed by atoms with Crippen LogP contribution >= 0.6 is 11.8 Å². The number of nitro benzene ring substituents is 1. The third-order valence-electron chi connectivity index (χ3n) is 2.77. The van der Waals surface area contributed by atoms with Gasteiger partial charge in [0.15, 0.2) is 0 Å². The molecule has 0 saturated carbocycles. The number of aromatic nitrogens is 1. The molecule has 100 valence electrons. The van der Waals surface area contributed by atoms with Crippen LogP contribution < -0.4 is 0 Å². The Morgan fingerprint density at radius 1 is 1.47 bits per heavy atom. The van der Waals surface area contributed by atoms with Crippen LogP contribution in [0.5, 0.6) is 0 Å². The van der Waals surface area contributed by atoms with E-state index in [1.165, 1.54) is 6.07 Å². The number of aliphatic hydroxyl groups excluding tert-OH is 1. The van der Waals surface area contributed by atoms with E-state index in [9.17, 15) is 10.1 Å². The second kappa shape index (κ2) is 5.99. The van der Waals surface area contributed by atoms with Crippen LogP contribution in [0.2, 0.25) is 0 Å². The number of para-hydroxylation sites is 1. The van der Waals surface area contributed by atoms with E-state index in [1.54, 1.807) is 24.0 Å². The fourth-order valence-electron chi connectivity index (χ4n) is 1.84. The van der Waals surface area contributed by atoms with E-state index in [0.29, 0.717) is 11.9 Å². The van der Waals surface area contributed by atoms with Crippen LogP contribution in [-0.2, 0) is 0 Å². The van der Waals surface area contributed by atoms with Crippen LogP contribution in [0.4, 0.5) is 5.69 Å². The van der Waals surface area contributed by atoms with Crippen molar-refractivity contribution in [3.8, 4) is 0 Å². The highest BCUT2D eigenvalue weighted by atomic mass is 32.2. The summed E-state index contributed by atoms with van der Waals surface area (Å²) in [5, 5.41) is 20.9. The number of pyridine rings is 1. The molecule has 1 atom stereocenters. The molecule has 0 spiro atoms. The molecule has 0 radical (unpaired) electrons. The van der Waals surface area contributed by atoms with Gasteiger partial charge in [-0.05, 0) is 12.5 Å². The highest BCUT2D eigenvalue weighted by molar-refractivity contribution is 8.00. The summed E-state index contributed by atoms with van der Waals surface area (Å²) < 4.78 is 0. The topological polar surface area (TPSA) is 76.3 Å². The summed E-state index contributed by atoms with van der Waals surface area (Å²) in [6.45, 7) is 2.15. The molecule has 19 heavy (non-hydrogen) atoms. The van der Waals surface area contributed by atoms with Crippen LogP contribution in [0, 0.1) is 10.1 Å². The zero-order chi connectivity index (χ0) is 13.8. The molecule has 1 N–H and O–H groups in total. The summed E-state index contributed by atoms with van der Waals surface area (Å²) in [6, 6.07) is 6.82. The highest BCUT2D eigenvalue weighted by Gasteiger charge is 2.15. The fourth-order valence-corrected chi connectivity index (χ4v) is 2.93. The number of non-ortho nitro benzene ring substituents is 1. The Morgan fingerprint density at radius 3 is 2.95 bits per heavy atom.